The number of halogens is 2. The lowest BCUT2D eigenvalue weighted by Gasteiger charge is -2.42. The second kappa shape index (κ2) is 16.2. The van der Waals surface area contributed by atoms with E-state index < -0.39 is 29.3 Å². The van der Waals surface area contributed by atoms with Crippen molar-refractivity contribution in [3.05, 3.63) is 57.2 Å². The number of ether oxygens (including phenoxy) is 1. The number of likely N-dealkylation sites (tertiary alicyclic amines) is 1. The number of carbonyl (C=O) groups excluding carboxylic acids is 5. The van der Waals surface area contributed by atoms with Crippen molar-refractivity contribution in [1.82, 2.24) is 19.6 Å². The van der Waals surface area contributed by atoms with Crippen LogP contribution in [-0.2, 0) is 41.6 Å². The van der Waals surface area contributed by atoms with Gasteiger partial charge in [0.2, 0.25) is 23.6 Å². The van der Waals surface area contributed by atoms with E-state index in [-0.39, 0.29) is 57.4 Å². The smallest absolute Gasteiger partial charge is 0.325 e. The normalized spacial score (nSPS) is 17.8. The molecule has 4 amide bonds. The third-order valence-corrected chi connectivity index (χ3v) is 9.36. The lowest BCUT2D eigenvalue weighted by molar-refractivity contribution is -0.159. The third-order valence-electron chi connectivity index (χ3n) is 7.78. The van der Waals surface area contributed by atoms with Gasteiger partial charge in [0.25, 0.3) is 0 Å². The fraction of sp³-hybridized carbons (Fsp3) is 0.516. The highest BCUT2D eigenvalue weighted by Crippen LogP contribution is 2.24. The Morgan fingerprint density at radius 1 is 1.11 bits per heavy atom. The minimum Gasteiger partial charge on any atom is -0.465 e. The van der Waals surface area contributed by atoms with Crippen molar-refractivity contribution in [3.8, 4) is 0 Å². The zero-order chi connectivity index (χ0) is 31.6. The largest absolute Gasteiger partial charge is 0.465 e. The maximum Gasteiger partial charge on any atom is 0.325 e. The predicted octanol–water partition coefficient (Wildman–Crippen LogP) is 3.59. The van der Waals surface area contributed by atoms with Crippen LogP contribution in [0.15, 0.2) is 41.8 Å². The molecular weight excluding hydrogens is 627 g/mol. The van der Waals surface area contributed by atoms with Crippen LogP contribution in [0.1, 0.15) is 43.0 Å². The molecular formula is C31H38Cl2N4O6S. The standard InChI is InChI=1S/C31H38Cl2N4O6S/c1-2-43-30(41)21-35(15-5-14-34-13-3-7-27(34)38)28(39)19-25-31(42)37(26(33)18-22-8-10-23(32)11-9-22)20-29(40)36(25)16-12-24-6-4-17-44-24/h4,6,8-11,17,25-26H,2-3,5,7,12-16,18-21H2,1H3. The van der Waals surface area contributed by atoms with E-state index >= 15 is 0 Å². The number of amides is 4. The molecule has 2 fully saturated rings. The molecule has 4 rings (SSSR count). The molecule has 1 aromatic heterocycles. The molecule has 2 atom stereocenters. The van der Waals surface area contributed by atoms with Crippen molar-refractivity contribution in [2.75, 3.05) is 45.9 Å². The molecule has 0 bridgehead atoms. The molecule has 2 unspecified atom stereocenters. The number of hydrogen-bond acceptors (Lipinski definition) is 7. The van der Waals surface area contributed by atoms with E-state index in [0.717, 1.165) is 16.9 Å². The van der Waals surface area contributed by atoms with E-state index in [1.807, 2.05) is 29.6 Å². The molecule has 1 aromatic carbocycles. The molecule has 0 N–H and O–H groups in total. The number of hydrogen-bond donors (Lipinski definition) is 0. The van der Waals surface area contributed by atoms with E-state index in [0.29, 0.717) is 37.4 Å². The van der Waals surface area contributed by atoms with Crippen LogP contribution in [0.2, 0.25) is 5.02 Å². The maximum atomic E-state index is 14.0. The first-order valence-electron chi connectivity index (χ1n) is 14.9. The molecule has 0 saturated carbocycles. The highest BCUT2D eigenvalue weighted by Gasteiger charge is 2.43. The van der Waals surface area contributed by atoms with Crippen LogP contribution in [0.4, 0.5) is 0 Å². The van der Waals surface area contributed by atoms with Crippen LogP contribution in [-0.4, -0.2) is 107 Å². The zero-order valence-electron chi connectivity index (χ0n) is 24.8. The van der Waals surface area contributed by atoms with Crippen molar-refractivity contribution in [3.63, 3.8) is 0 Å². The molecule has 238 valence electrons. The van der Waals surface area contributed by atoms with Crippen LogP contribution < -0.4 is 0 Å². The van der Waals surface area contributed by atoms with Crippen LogP contribution >= 0.6 is 34.5 Å². The molecule has 2 saturated heterocycles. The van der Waals surface area contributed by atoms with Gasteiger partial charge in [0, 0.05) is 48.9 Å². The van der Waals surface area contributed by atoms with Gasteiger partial charge in [0.05, 0.1) is 13.0 Å². The maximum absolute atomic E-state index is 14.0. The van der Waals surface area contributed by atoms with E-state index in [1.165, 1.54) is 14.7 Å². The van der Waals surface area contributed by atoms with E-state index in [4.69, 9.17) is 27.9 Å². The monoisotopic (exact) mass is 664 g/mol. The zero-order valence-corrected chi connectivity index (χ0v) is 27.1. The van der Waals surface area contributed by atoms with Crippen LogP contribution in [0.25, 0.3) is 0 Å². The van der Waals surface area contributed by atoms with Gasteiger partial charge in [-0.2, -0.15) is 0 Å². The first-order chi connectivity index (χ1) is 21.2. The fourth-order valence-electron chi connectivity index (χ4n) is 5.48. The number of piperazine rings is 1. The molecule has 0 aliphatic carbocycles. The molecule has 0 spiro atoms. The van der Waals surface area contributed by atoms with Gasteiger partial charge in [-0.3, -0.25) is 24.0 Å². The summed E-state index contributed by atoms with van der Waals surface area (Å²) in [6.45, 7) is 2.95. The number of alkyl halides is 1. The number of nitrogens with zero attached hydrogens (tertiary/aromatic N) is 4. The van der Waals surface area contributed by atoms with Gasteiger partial charge in [-0.25, -0.2) is 0 Å². The van der Waals surface area contributed by atoms with Gasteiger partial charge in [0.15, 0.2) is 0 Å². The van der Waals surface area contributed by atoms with Gasteiger partial charge in [-0.1, -0.05) is 41.4 Å². The van der Waals surface area contributed by atoms with Crippen LogP contribution in [0.5, 0.6) is 0 Å². The number of benzene rings is 1. The Labute approximate surface area is 271 Å². The predicted molar refractivity (Wildman–Crippen MR) is 168 cm³/mol. The van der Waals surface area contributed by atoms with Crippen LogP contribution in [0.3, 0.4) is 0 Å². The Morgan fingerprint density at radius 3 is 2.55 bits per heavy atom. The second-order valence-corrected chi connectivity index (χ2v) is 12.8. The summed E-state index contributed by atoms with van der Waals surface area (Å²) in [6.07, 6.45) is 2.30. The highest BCUT2D eigenvalue weighted by molar-refractivity contribution is 7.09. The van der Waals surface area contributed by atoms with Gasteiger partial charge >= 0.3 is 5.97 Å². The first kappa shape index (κ1) is 33.7. The summed E-state index contributed by atoms with van der Waals surface area (Å²) in [4.78, 5) is 72.7. The summed E-state index contributed by atoms with van der Waals surface area (Å²) in [5.74, 6) is -1.66. The minimum absolute atomic E-state index is 0.0790. The Hall–Kier alpha value is -3.15. The lowest BCUT2D eigenvalue weighted by atomic mass is 10.0. The second-order valence-electron chi connectivity index (χ2n) is 10.8. The average molecular weight is 666 g/mol. The Balaban J connectivity index is 1.51. The summed E-state index contributed by atoms with van der Waals surface area (Å²) in [6, 6.07) is 9.88. The van der Waals surface area contributed by atoms with Crippen molar-refractivity contribution in [2.24, 2.45) is 0 Å². The van der Waals surface area contributed by atoms with E-state index in [2.05, 4.69) is 0 Å². The number of esters is 1. The first-order valence-corrected chi connectivity index (χ1v) is 16.6. The Kier molecular flexibility index (Phi) is 12.5. The summed E-state index contributed by atoms with van der Waals surface area (Å²) in [5.41, 5.74) is 0.0257. The highest BCUT2D eigenvalue weighted by atomic mass is 35.5. The minimum atomic E-state index is -1.08. The van der Waals surface area contributed by atoms with Crippen molar-refractivity contribution in [1.29, 1.82) is 0 Å². The van der Waals surface area contributed by atoms with Crippen molar-refractivity contribution in [2.45, 2.75) is 57.0 Å². The average Bonchev–Trinajstić information content (AvgIpc) is 3.67. The molecule has 44 heavy (non-hydrogen) atoms. The summed E-state index contributed by atoms with van der Waals surface area (Å²) in [7, 11) is 0. The number of thiophene rings is 1. The van der Waals surface area contributed by atoms with E-state index in [9.17, 15) is 24.0 Å². The summed E-state index contributed by atoms with van der Waals surface area (Å²) in [5, 5.41) is 2.52. The van der Waals surface area contributed by atoms with Gasteiger partial charge in [-0.15, -0.1) is 11.3 Å². The van der Waals surface area contributed by atoms with Gasteiger partial charge in [-0.05, 0) is 55.3 Å². The molecule has 2 aliphatic rings. The number of rotatable bonds is 15. The Bertz CT molecular complexity index is 1310. The summed E-state index contributed by atoms with van der Waals surface area (Å²) >= 11 is 14.3. The molecule has 2 aromatic rings. The molecule has 10 nitrogen and oxygen atoms in total. The lowest BCUT2D eigenvalue weighted by Crippen LogP contribution is -2.63. The molecule has 0 radical (unpaired) electrons. The van der Waals surface area contributed by atoms with Crippen molar-refractivity contribution >= 4 is 64.1 Å². The van der Waals surface area contributed by atoms with Gasteiger partial charge < -0.3 is 24.3 Å². The Morgan fingerprint density at radius 2 is 1.89 bits per heavy atom. The summed E-state index contributed by atoms with van der Waals surface area (Å²) < 4.78 is 5.10. The SMILES string of the molecule is CCOC(=O)CN(CCCN1CCCC1=O)C(=O)CC1C(=O)N(C(Cl)Cc2ccc(Cl)cc2)CC(=O)N1CCc1cccs1. The topological polar surface area (TPSA) is 108 Å². The van der Waals surface area contributed by atoms with Gasteiger partial charge in [0.1, 0.15) is 24.6 Å². The van der Waals surface area contributed by atoms with Crippen LogP contribution in [0, 0.1) is 0 Å². The molecule has 13 heteroatoms. The van der Waals surface area contributed by atoms with E-state index in [1.54, 1.807) is 35.3 Å². The fourth-order valence-corrected chi connectivity index (χ4v) is 6.65. The quantitative estimate of drug-likeness (QED) is 0.164. The third kappa shape index (κ3) is 9.18. The van der Waals surface area contributed by atoms with Crippen molar-refractivity contribution < 1.29 is 28.7 Å². The molecule has 3 heterocycles. The molecule has 2 aliphatic heterocycles. The number of carbonyl (C=O) groups is 5.